The van der Waals surface area contributed by atoms with Gasteiger partial charge < -0.3 is 15.4 Å². The number of methoxy groups -OCH3 is 1. The molecular weight excluding hydrogens is 500 g/mol. The normalized spacial score (nSPS) is 10.8. The van der Waals surface area contributed by atoms with E-state index in [1.165, 1.54) is 4.68 Å². The maximum Gasteiger partial charge on any atom is 0.328 e. The average molecular weight is 522 g/mol. The van der Waals surface area contributed by atoms with Gasteiger partial charge in [-0.15, -0.1) is 0 Å². The molecule has 0 unspecified atom stereocenters. The van der Waals surface area contributed by atoms with Crippen molar-refractivity contribution in [1.82, 2.24) is 9.99 Å². The van der Waals surface area contributed by atoms with Gasteiger partial charge in [0.05, 0.1) is 5.52 Å². The molecule has 0 spiro atoms. The Hall–Kier alpha value is -2.88. The molecule has 0 saturated carbocycles. The SMILES string of the molecule is COCCCNC(=O)C(=O)Nn1c(C(=O)Nc2ccc(Br)c(C)c2)cc2cc(Cl)ccc21. The van der Waals surface area contributed by atoms with Crippen molar-refractivity contribution < 1.29 is 19.1 Å². The minimum absolute atomic E-state index is 0.142. The highest BCUT2D eigenvalue weighted by atomic mass is 79.9. The van der Waals surface area contributed by atoms with Crippen LogP contribution in [0, 0.1) is 6.92 Å². The molecule has 0 aliphatic heterocycles. The summed E-state index contributed by atoms with van der Waals surface area (Å²) in [6.45, 7) is 2.66. The fourth-order valence-electron chi connectivity index (χ4n) is 3.04. The fourth-order valence-corrected chi connectivity index (χ4v) is 3.47. The number of aryl methyl sites for hydroxylation is 1. The average Bonchev–Trinajstić information content (AvgIpc) is 3.11. The molecule has 0 radical (unpaired) electrons. The van der Waals surface area contributed by atoms with Crippen molar-refractivity contribution in [2.75, 3.05) is 31.0 Å². The first-order valence-corrected chi connectivity index (χ1v) is 10.9. The van der Waals surface area contributed by atoms with Gasteiger partial charge in [-0.3, -0.25) is 19.8 Å². The third-order valence-electron chi connectivity index (χ3n) is 4.64. The highest BCUT2D eigenvalue weighted by molar-refractivity contribution is 9.10. The van der Waals surface area contributed by atoms with E-state index in [-0.39, 0.29) is 5.69 Å². The fraction of sp³-hybridized carbons (Fsp3) is 0.227. The van der Waals surface area contributed by atoms with Crippen molar-refractivity contribution >= 4 is 61.8 Å². The number of rotatable bonds is 7. The third kappa shape index (κ3) is 5.67. The minimum atomic E-state index is -0.900. The monoisotopic (exact) mass is 520 g/mol. The van der Waals surface area contributed by atoms with Gasteiger partial charge in [0.1, 0.15) is 5.69 Å². The lowest BCUT2D eigenvalue weighted by molar-refractivity contribution is -0.136. The molecule has 0 saturated heterocycles. The van der Waals surface area contributed by atoms with Gasteiger partial charge in [-0.25, -0.2) is 4.68 Å². The molecule has 0 atom stereocenters. The van der Waals surface area contributed by atoms with Crippen LogP contribution in [-0.2, 0) is 14.3 Å². The zero-order valence-electron chi connectivity index (χ0n) is 17.5. The van der Waals surface area contributed by atoms with E-state index in [0.717, 1.165) is 10.0 Å². The number of hydrogen-bond acceptors (Lipinski definition) is 4. The predicted octanol–water partition coefficient (Wildman–Crippen LogP) is 3.84. The van der Waals surface area contributed by atoms with Crippen LogP contribution < -0.4 is 16.1 Å². The van der Waals surface area contributed by atoms with Crippen molar-refractivity contribution in [3.63, 3.8) is 0 Å². The van der Waals surface area contributed by atoms with Crippen LogP contribution in [0.1, 0.15) is 22.5 Å². The molecule has 0 aliphatic rings. The Bertz CT molecular complexity index is 1180. The van der Waals surface area contributed by atoms with Crippen molar-refractivity contribution in [3.05, 3.63) is 63.2 Å². The number of fused-ring (bicyclic) bond motifs is 1. The summed E-state index contributed by atoms with van der Waals surface area (Å²) < 4.78 is 7.12. The second kappa shape index (κ2) is 10.6. The van der Waals surface area contributed by atoms with Gasteiger partial charge in [-0.1, -0.05) is 27.5 Å². The summed E-state index contributed by atoms with van der Waals surface area (Å²) in [4.78, 5) is 37.7. The van der Waals surface area contributed by atoms with E-state index in [9.17, 15) is 14.4 Å². The molecule has 1 heterocycles. The van der Waals surface area contributed by atoms with Crippen LogP contribution >= 0.6 is 27.5 Å². The summed E-state index contributed by atoms with van der Waals surface area (Å²) in [7, 11) is 1.56. The zero-order valence-corrected chi connectivity index (χ0v) is 19.8. The number of anilines is 1. The van der Waals surface area contributed by atoms with Crippen molar-refractivity contribution in [2.24, 2.45) is 0 Å². The predicted molar refractivity (Wildman–Crippen MR) is 128 cm³/mol. The quantitative estimate of drug-likeness (QED) is 0.325. The molecule has 168 valence electrons. The first-order chi connectivity index (χ1) is 15.3. The second-order valence-corrected chi connectivity index (χ2v) is 8.32. The minimum Gasteiger partial charge on any atom is -0.385 e. The van der Waals surface area contributed by atoms with Gasteiger partial charge in [0, 0.05) is 40.8 Å². The Morgan fingerprint density at radius 3 is 2.59 bits per heavy atom. The van der Waals surface area contributed by atoms with Crippen molar-refractivity contribution in [3.8, 4) is 0 Å². The summed E-state index contributed by atoms with van der Waals surface area (Å²) in [6, 6.07) is 12.0. The Morgan fingerprint density at radius 1 is 1.09 bits per heavy atom. The number of nitrogens with zero attached hydrogens (tertiary/aromatic N) is 1. The number of benzene rings is 2. The third-order valence-corrected chi connectivity index (χ3v) is 5.77. The maximum absolute atomic E-state index is 13.0. The summed E-state index contributed by atoms with van der Waals surface area (Å²) in [6.07, 6.45) is 0.570. The van der Waals surface area contributed by atoms with Gasteiger partial charge in [0.15, 0.2) is 0 Å². The molecule has 0 bridgehead atoms. The lowest BCUT2D eigenvalue weighted by Gasteiger charge is -2.13. The van der Waals surface area contributed by atoms with Gasteiger partial charge in [-0.2, -0.15) is 0 Å². The first kappa shape index (κ1) is 23.8. The van der Waals surface area contributed by atoms with Crippen molar-refractivity contribution in [1.29, 1.82) is 0 Å². The Balaban J connectivity index is 1.86. The van der Waals surface area contributed by atoms with Crippen LogP contribution in [0.15, 0.2) is 46.9 Å². The van der Waals surface area contributed by atoms with E-state index in [1.54, 1.807) is 37.4 Å². The van der Waals surface area contributed by atoms with Crippen LogP contribution in [0.5, 0.6) is 0 Å². The second-order valence-electron chi connectivity index (χ2n) is 7.03. The Kier molecular flexibility index (Phi) is 7.89. The molecule has 3 amide bonds. The molecule has 3 aromatic rings. The van der Waals surface area contributed by atoms with E-state index in [1.807, 2.05) is 19.1 Å². The molecule has 8 nitrogen and oxygen atoms in total. The summed E-state index contributed by atoms with van der Waals surface area (Å²) in [5.74, 6) is -2.17. The number of halogens is 2. The number of hydrogen-bond donors (Lipinski definition) is 3. The lowest BCUT2D eigenvalue weighted by Crippen LogP contribution is -2.40. The molecule has 0 fully saturated rings. The topological polar surface area (TPSA) is 101 Å². The van der Waals surface area contributed by atoms with Crippen LogP contribution in [0.25, 0.3) is 10.9 Å². The smallest absolute Gasteiger partial charge is 0.328 e. The first-order valence-electron chi connectivity index (χ1n) is 9.77. The molecule has 2 aromatic carbocycles. The number of carbonyl (C=O) groups is 3. The number of ether oxygens (including phenoxy) is 1. The zero-order chi connectivity index (χ0) is 23.3. The van der Waals surface area contributed by atoms with E-state index < -0.39 is 17.7 Å². The van der Waals surface area contributed by atoms with Gasteiger partial charge in [0.25, 0.3) is 5.91 Å². The van der Waals surface area contributed by atoms with Crippen molar-refractivity contribution in [2.45, 2.75) is 13.3 Å². The van der Waals surface area contributed by atoms with E-state index >= 15 is 0 Å². The van der Waals surface area contributed by atoms with Crippen LogP contribution in [0.2, 0.25) is 5.02 Å². The van der Waals surface area contributed by atoms with E-state index in [2.05, 4.69) is 32.0 Å². The highest BCUT2D eigenvalue weighted by Gasteiger charge is 2.21. The lowest BCUT2D eigenvalue weighted by atomic mass is 10.2. The Morgan fingerprint density at radius 2 is 1.88 bits per heavy atom. The standard InChI is InChI=1S/C22H22BrClN4O4/c1-13-10-16(5-6-17(13)23)26-20(29)19-12-14-11-15(24)4-7-18(14)28(19)27-22(31)21(30)25-8-3-9-32-2/h4-7,10-12H,3,8-9H2,1-2H3,(H,25,30)(H,26,29)(H,27,31). The van der Waals surface area contributed by atoms with Crippen LogP contribution in [0.4, 0.5) is 5.69 Å². The number of aromatic nitrogens is 1. The van der Waals surface area contributed by atoms with E-state index in [0.29, 0.717) is 41.2 Å². The van der Waals surface area contributed by atoms with E-state index in [4.69, 9.17) is 16.3 Å². The van der Waals surface area contributed by atoms with Gasteiger partial charge >= 0.3 is 11.8 Å². The number of carbonyl (C=O) groups excluding carboxylic acids is 3. The molecular formula is C22H22BrClN4O4. The number of amides is 3. The molecule has 1 aromatic heterocycles. The largest absolute Gasteiger partial charge is 0.385 e. The number of nitrogens with one attached hydrogen (secondary N) is 3. The molecule has 10 heteroatoms. The van der Waals surface area contributed by atoms with Crippen LogP contribution in [0.3, 0.4) is 0 Å². The Labute approximate surface area is 198 Å². The molecule has 32 heavy (non-hydrogen) atoms. The maximum atomic E-state index is 13.0. The summed E-state index contributed by atoms with van der Waals surface area (Å²) in [5, 5.41) is 6.44. The molecule has 0 aliphatic carbocycles. The van der Waals surface area contributed by atoms with Gasteiger partial charge in [0.2, 0.25) is 0 Å². The molecule has 3 N–H and O–H groups in total. The summed E-state index contributed by atoms with van der Waals surface area (Å²) >= 11 is 9.51. The summed E-state index contributed by atoms with van der Waals surface area (Å²) in [5.41, 5.74) is 4.71. The van der Waals surface area contributed by atoms with Crippen LogP contribution in [-0.4, -0.2) is 42.7 Å². The molecule has 3 rings (SSSR count). The highest BCUT2D eigenvalue weighted by Crippen LogP contribution is 2.24. The van der Waals surface area contributed by atoms with Gasteiger partial charge in [-0.05, 0) is 61.4 Å².